The van der Waals surface area contributed by atoms with Gasteiger partial charge in [-0.1, -0.05) is 208 Å². The first-order valence-electron chi connectivity index (χ1n) is 24.1. The van der Waals surface area contributed by atoms with Crippen molar-refractivity contribution in [3.8, 4) is 44.5 Å². The van der Waals surface area contributed by atoms with Gasteiger partial charge in [0.25, 0.3) is 0 Å². The third kappa shape index (κ3) is 6.61. The number of fused-ring (bicyclic) bond motifs is 9. The van der Waals surface area contributed by atoms with Crippen molar-refractivity contribution in [2.45, 2.75) is 78.6 Å². The van der Waals surface area contributed by atoms with Crippen molar-refractivity contribution in [2.24, 2.45) is 0 Å². The summed E-state index contributed by atoms with van der Waals surface area (Å²) in [5, 5.41) is 5.19. The highest BCUT2D eigenvalue weighted by Gasteiger charge is 2.43. The summed E-state index contributed by atoms with van der Waals surface area (Å²) in [6, 6.07) is 69.8. The van der Waals surface area contributed by atoms with Gasteiger partial charge in [-0.2, -0.15) is 0 Å². The van der Waals surface area contributed by atoms with Gasteiger partial charge >= 0.3 is 6.85 Å². The SMILES string of the molecule is CC(C)(C)c1ccc(-c2ccc(N3c4ccc(-c5ccc(C(C)(C)C)cc5)cc4B4c5c(cc(-c6ccc(C(C)(C)C)cc6)cc53)-c3cccc5c6c7ccccc7ccc6n4c35)cc2)cc1. The Morgan fingerprint density at radius 3 is 1.51 bits per heavy atom. The minimum absolute atomic E-state index is 0.0651. The summed E-state index contributed by atoms with van der Waals surface area (Å²) in [5.41, 5.74) is 23.0. The fourth-order valence-corrected chi connectivity index (χ4v) is 11.1. The van der Waals surface area contributed by atoms with Gasteiger partial charge in [-0.3, -0.25) is 0 Å². The number of hydrogen-bond donors (Lipinski definition) is 0. The molecule has 12 rings (SSSR count). The van der Waals surface area contributed by atoms with Crippen LogP contribution in [0.1, 0.15) is 79.0 Å². The molecular weight excluding hydrogens is 808 g/mol. The Kier molecular flexibility index (Phi) is 9.07. The molecule has 0 radical (unpaired) electrons. The van der Waals surface area contributed by atoms with Crippen molar-refractivity contribution >= 4 is 67.4 Å². The van der Waals surface area contributed by atoms with Crippen molar-refractivity contribution in [3.63, 3.8) is 0 Å². The molecule has 2 aliphatic heterocycles. The monoisotopic (exact) mass is 864 g/mol. The van der Waals surface area contributed by atoms with Crippen LogP contribution >= 0.6 is 0 Å². The van der Waals surface area contributed by atoms with Crippen LogP contribution in [-0.4, -0.2) is 11.3 Å². The molecule has 0 fully saturated rings. The van der Waals surface area contributed by atoms with E-state index in [1.54, 1.807) is 0 Å². The van der Waals surface area contributed by atoms with Crippen molar-refractivity contribution in [2.75, 3.05) is 4.90 Å². The lowest BCUT2D eigenvalue weighted by Crippen LogP contribution is -2.56. The molecule has 2 nitrogen and oxygen atoms in total. The van der Waals surface area contributed by atoms with E-state index in [0.29, 0.717) is 0 Å². The lowest BCUT2D eigenvalue weighted by molar-refractivity contribution is 0.590. The number of nitrogens with zero attached hydrogens (tertiary/aromatic N) is 2. The first kappa shape index (κ1) is 41.3. The van der Waals surface area contributed by atoms with Gasteiger partial charge in [-0.05, 0) is 130 Å². The number of hydrogen-bond acceptors (Lipinski definition) is 1. The number of rotatable bonds is 4. The maximum atomic E-state index is 2.70. The van der Waals surface area contributed by atoms with Gasteiger partial charge in [-0.15, -0.1) is 0 Å². The zero-order valence-corrected chi connectivity index (χ0v) is 40.3. The molecule has 0 bridgehead atoms. The second kappa shape index (κ2) is 14.7. The van der Waals surface area contributed by atoms with Crippen molar-refractivity contribution in [1.29, 1.82) is 0 Å². The Morgan fingerprint density at radius 1 is 0.388 bits per heavy atom. The Morgan fingerprint density at radius 2 is 0.910 bits per heavy atom. The van der Waals surface area contributed by atoms with Crippen LogP contribution in [0.3, 0.4) is 0 Å². The summed E-state index contributed by atoms with van der Waals surface area (Å²) in [6.45, 7) is 20.5. The Hall–Kier alpha value is -7.10. The molecular formula is C64H57BN2. The molecule has 2 aliphatic rings. The summed E-state index contributed by atoms with van der Waals surface area (Å²) in [7, 11) is 0. The van der Waals surface area contributed by atoms with E-state index in [1.807, 2.05) is 0 Å². The predicted octanol–water partition coefficient (Wildman–Crippen LogP) is 16.3. The van der Waals surface area contributed by atoms with Gasteiger partial charge in [0, 0.05) is 44.4 Å². The number of benzene rings is 9. The average molecular weight is 865 g/mol. The molecule has 3 heterocycles. The van der Waals surface area contributed by atoms with Gasteiger partial charge in [0.05, 0.1) is 0 Å². The quantitative estimate of drug-likeness (QED) is 0.160. The van der Waals surface area contributed by atoms with Crippen LogP contribution in [0.15, 0.2) is 182 Å². The van der Waals surface area contributed by atoms with Crippen LogP contribution in [0.4, 0.5) is 17.1 Å². The molecule has 0 saturated heterocycles. The molecule has 0 unspecified atom stereocenters. The van der Waals surface area contributed by atoms with Crippen LogP contribution in [0, 0.1) is 0 Å². The highest BCUT2D eigenvalue weighted by molar-refractivity contribution is 6.90. The van der Waals surface area contributed by atoms with Crippen LogP contribution < -0.4 is 15.8 Å². The molecule has 3 heteroatoms. The number of para-hydroxylation sites is 1. The maximum Gasteiger partial charge on any atom is 0.333 e. The van der Waals surface area contributed by atoms with Crippen LogP contribution in [0.5, 0.6) is 0 Å². The van der Waals surface area contributed by atoms with Crippen LogP contribution in [0.25, 0.3) is 77.1 Å². The third-order valence-electron chi connectivity index (χ3n) is 14.9. The number of anilines is 3. The average Bonchev–Trinajstić information content (AvgIpc) is 3.67. The topological polar surface area (TPSA) is 8.17 Å². The molecule has 9 aromatic carbocycles. The van der Waals surface area contributed by atoms with E-state index in [0.717, 1.165) is 5.69 Å². The minimum atomic E-state index is -0.0703. The first-order chi connectivity index (χ1) is 32.1. The predicted molar refractivity (Wildman–Crippen MR) is 290 cm³/mol. The molecule has 0 aliphatic carbocycles. The largest absolute Gasteiger partial charge is 0.375 e. The van der Waals surface area contributed by atoms with Crippen molar-refractivity contribution < 1.29 is 0 Å². The highest BCUT2D eigenvalue weighted by Crippen LogP contribution is 2.48. The third-order valence-corrected chi connectivity index (χ3v) is 14.9. The maximum absolute atomic E-state index is 2.70. The summed E-state index contributed by atoms with van der Waals surface area (Å²) in [4.78, 5) is 2.56. The highest BCUT2D eigenvalue weighted by atomic mass is 15.2. The molecule has 0 saturated carbocycles. The van der Waals surface area contributed by atoms with E-state index in [-0.39, 0.29) is 23.1 Å². The molecule has 0 atom stereocenters. The molecule has 0 N–H and O–H groups in total. The summed E-state index contributed by atoms with van der Waals surface area (Å²) in [6.07, 6.45) is 0. The van der Waals surface area contributed by atoms with E-state index >= 15 is 0 Å². The molecule has 0 spiro atoms. The second-order valence-electron chi connectivity index (χ2n) is 22.2. The van der Waals surface area contributed by atoms with Crippen LogP contribution in [0.2, 0.25) is 0 Å². The zero-order valence-electron chi connectivity index (χ0n) is 40.3. The van der Waals surface area contributed by atoms with Gasteiger partial charge in [-0.25, -0.2) is 0 Å². The molecule has 10 aromatic rings. The Balaban J connectivity index is 1.14. The van der Waals surface area contributed by atoms with Gasteiger partial charge in [0.15, 0.2) is 0 Å². The van der Waals surface area contributed by atoms with E-state index < -0.39 is 0 Å². The summed E-state index contributed by atoms with van der Waals surface area (Å²) < 4.78 is 2.70. The fourth-order valence-electron chi connectivity index (χ4n) is 11.1. The van der Waals surface area contributed by atoms with Crippen molar-refractivity contribution in [3.05, 3.63) is 199 Å². The fraction of sp³-hybridized carbons (Fsp3) is 0.188. The minimum Gasteiger partial charge on any atom is -0.375 e. The lowest BCUT2D eigenvalue weighted by atomic mass is 9.44. The standard InChI is InChI=1S/C64H57BN2/c1-62(2,3)47-27-17-40(18-28-47)41-23-33-50(34-24-41)66-56-35-26-45(42-19-29-48(30-20-42)63(4,5)6)38-55(56)65-60-54(37-46(39-58(60)66)43-21-31-49(32-22-43)64(7,8)9)52-15-12-16-53-59-51-14-11-10-13-44(51)25-36-57(59)67(65)61(52)53/h10-39H,1-9H3. The van der Waals surface area contributed by atoms with Crippen molar-refractivity contribution in [1.82, 2.24) is 4.48 Å². The number of aromatic nitrogens is 1. The molecule has 0 amide bonds. The zero-order chi connectivity index (χ0) is 46.1. The Bertz CT molecular complexity index is 3590. The van der Waals surface area contributed by atoms with E-state index in [1.165, 1.54) is 116 Å². The molecule has 1 aromatic heterocycles. The molecule has 67 heavy (non-hydrogen) atoms. The van der Waals surface area contributed by atoms with Crippen LogP contribution in [-0.2, 0) is 16.2 Å². The Labute approximate surface area is 396 Å². The summed E-state index contributed by atoms with van der Waals surface area (Å²) >= 11 is 0. The normalized spacial score (nSPS) is 13.4. The van der Waals surface area contributed by atoms with E-state index in [9.17, 15) is 0 Å². The van der Waals surface area contributed by atoms with E-state index in [2.05, 4.69) is 254 Å². The molecule has 326 valence electrons. The second-order valence-corrected chi connectivity index (χ2v) is 22.2. The first-order valence-corrected chi connectivity index (χ1v) is 24.1. The van der Waals surface area contributed by atoms with Gasteiger partial charge < -0.3 is 9.38 Å². The van der Waals surface area contributed by atoms with Gasteiger partial charge in [0.1, 0.15) is 0 Å². The lowest BCUT2D eigenvalue weighted by Gasteiger charge is -2.41. The van der Waals surface area contributed by atoms with Gasteiger partial charge in [0.2, 0.25) is 0 Å². The van der Waals surface area contributed by atoms with E-state index in [4.69, 9.17) is 0 Å². The summed E-state index contributed by atoms with van der Waals surface area (Å²) in [5.74, 6) is 0. The smallest absolute Gasteiger partial charge is 0.333 e.